The molecule has 0 bridgehead atoms. The number of benzene rings is 3. The predicted octanol–water partition coefficient (Wildman–Crippen LogP) is 4.31. The fourth-order valence-corrected chi connectivity index (χ4v) is 6.10. The van der Waals surface area contributed by atoms with Gasteiger partial charge in [-0.1, -0.05) is 78.4 Å². The zero-order chi connectivity index (χ0) is 22.8. The third-order valence-electron chi connectivity index (χ3n) is 6.07. The minimum atomic E-state index is -3.79. The van der Waals surface area contributed by atoms with Crippen LogP contribution in [0.15, 0.2) is 89.8 Å². The van der Waals surface area contributed by atoms with E-state index in [1.54, 1.807) is 24.3 Å². The Kier molecular flexibility index (Phi) is 6.17. The first kappa shape index (κ1) is 22.2. The van der Waals surface area contributed by atoms with Gasteiger partial charge in [-0.3, -0.25) is 4.79 Å². The standard InChI is InChI=1S/C26H27NO4S/c1-20-13-15-25(16-14-20)32(29,30)27-18-24(31-21(2)28)17-26(19-27,22-9-5-3-6-10-22)23-11-7-4-8-12-23/h3-16,24H,17-19H2,1-2H3/t24-/m1/s1. The lowest BCUT2D eigenvalue weighted by molar-refractivity contribution is -0.149. The number of nitrogens with zero attached hydrogens (tertiary/aromatic N) is 1. The van der Waals surface area contributed by atoms with Crippen LogP contribution in [0.25, 0.3) is 0 Å². The van der Waals surface area contributed by atoms with Crippen LogP contribution in [0.3, 0.4) is 0 Å². The topological polar surface area (TPSA) is 63.7 Å². The number of esters is 1. The number of piperidine rings is 1. The van der Waals surface area contributed by atoms with Gasteiger partial charge in [0.2, 0.25) is 10.0 Å². The zero-order valence-electron chi connectivity index (χ0n) is 18.3. The molecule has 1 aliphatic heterocycles. The maximum Gasteiger partial charge on any atom is 0.302 e. The summed E-state index contributed by atoms with van der Waals surface area (Å²) in [6.07, 6.45) is -0.0672. The molecule has 1 heterocycles. The van der Waals surface area contributed by atoms with Crippen LogP contribution in [0.5, 0.6) is 0 Å². The average molecular weight is 450 g/mol. The molecule has 1 saturated heterocycles. The highest BCUT2D eigenvalue weighted by Gasteiger charge is 2.47. The summed E-state index contributed by atoms with van der Waals surface area (Å²) in [5, 5.41) is 0. The molecule has 166 valence electrons. The molecule has 0 N–H and O–H groups in total. The molecule has 0 aliphatic carbocycles. The Morgan fingerprint density at radius 2 is 1.44 bits per heavy atom. The molecule has 0 radical (unpaired) electrons. The molecule has 4 rings (SSSR count). The third kappa shape index (κ3) is 4.33. The number of rotatable bonds is 5. The normalized spacial score (nSPS) is 18.8. The van der Waals surface area contributed by atoms with Gasteiger partial charge in [0, 0.05) is 25.3 Å². The largest absolute Gasteiger partial charge is 0.461 e. The summed E-state index contributed by atoms with van der Waals surface area (Å²) in [7, 11) is -3.79. The Balaban J connectivity index is 1.86. The first-order valence-corrected chi connectivity index (χ1v) is 12.1. The van der Waals surface area contributed by atoms with Gasteiger partial charge in [0.15, 0.2) is 0 Å². The van der Waals surface area contributed by atoms with Crippen molar-refractivity contribution in [3.8, 4) is 0 Å². The minimum absolute atomic E-state index is 0.122. The van der Waals surface area contributed by atoms with Gasteiger partial charge in [-0.05, 0) is 30.2 Å². The fourth-order valence-electron chi connectivity index (χ4n) is 4.57. The summed E-state index contributed by atoms with van der Waals surface area (Å²) >= 11 is 0. The molecule has 1 fully saturated rings. The van der Waals surface area contributed by atoms with Gasteiger partial charge in [0.1, 0.15) is 6.10 Å². The summed E-state index contributed by atoms with van der Waals surface area (Å²) in [4.78, 5) is 12.1. The van der Waals surface area contributed by atoms with Crippen molar-refractivity contribution in [2.24, 2.45) is 0 Å². The van der Waals surface area contributed by atoms with Gasteiger partial charge in [0.05, 0.1) is 11.4 Å². The number of hydrogen-bond donors (Lipinski definition) is 0. The minimum Gasteiger partial charge on any atom is -0.461 e. The van der Waals surface area contributed by atoms with E-state index < -0.39 is 27.5 Å². The molecule has 3 aromatic rings. The van der Waals surface area contributed by atoms with Crippen LogP contribution in [0.2, 0.25) is 0 Å². The van der Waals surface area contributed by atoms with E-state index in [0.717, 1.165) is 16.7 Å². The van der Waals surface area contributed by atoms with Crippen molar-refractivity contribution in [3.05, 3.63) is 102 Å². The lowest BCUT2D eigenvalue weighted by atomic mass is 9.69. The van der Waals surface area contributed by atoms with Gasteiger partial charge in [-0.15, -0.1) is 0 Å². The van der Waals surface area contributed by atoms with Crippen LogP contribution >= 0.6 is 0 Å². The summed E-state index contributed by atoms with van der Waals surface area (Å²) < 4.78 is 34.4. The van der Waals surface area contributed by atoms with Crippen LogP contribution in [-0.2, 0) is 25.0 Å². The Morgan fingerprint density at radius 1 is 0.906 bits per heavy atom. The molecule has 1 atom stereocenters. The second-order valence-corrected chi connectivity index (χ2v) is 10.3. The van der Waals surface area contributed by atoms with Crippen molar-refractivity contribution in [1.29, 1.82) is 0 Å². The van der Waals surface area contributed by atoms with Gasteiger partial charge >= 0.3 is 5.97 Å². The molecule has 5 nitrogen and oxygen atoms in total. The molecule has 0 spiro atoms. The Morgan fingerprint density at radius 3 is 1.94 bits per heavy atom. The van der Waals surface area contributed by atoms with Crippen LogP contribution in [0, 0.1) is 6.92 Å². The van der Waals surface area contributed by atoms with Gasteiger partial charge in [0.25, 0.3) is 0 Å². The van der Waals surface area contributed by atoms with Crippen LogP contribution in [0.4, 0.5) is 0 Å². The summed E-state index contributed by atoms with van der Waals surface area (Å²) in [5.41, 5.74) is 2.32. The molecular formula is C26H27NO4S. The van der Waals surface area contributed by atoms with Crippen molar-refractivity contribution in [3.63, 3.8) is 0 Å². The van der Waals surface area contributed by atoms with Gasteiger partial charge in [-0.2, -0.15) is 4.31 Å². The number of hydrogen-bond acceptors (Lipinski definition) is 4. The van der Waals surface area contributed by atoms with E-state index in [2.05, 4.69) is 0 Å². The monoisotopic (exact) mass is 449 g/mol. The molecule has 3 aromatic carbocycles. The lowest BCUT2D eigenvalue weighted by Gasteiger charge is -2.46. The van der Waals surface area contributed by atoms with E-state index in [4.69, 9.17) is 4.74 Å². The third-order valence-corrected chi connectivity index (χ3v) is 7.90. The van der Waals surface area contributed by atoms with E-state index in [1.807, 2.05) is 67.6 Å². The fraction of sp³-hybridized carbons (Fsp3) is 0.269. The summed E-state index contributed by atoms with van der Waals surface area (Å²) in [5.74, 6) is -0.417. The maximum atomic E-state index is 13.7. The van der Waals surface area contributed by atoms with E-state index >= 15 is 0 Å². The van der Waals surface area contributed by atoms with Crippen LogP contribution < -0.4 is 0 Å². The quantitative estimate of drug-likeness (QED) is 0.545. The predicted molar refractivity (Wildman–Crippen MR) is 124 cm³/mol. The summed E-state index contributed by atoms with van der Waals surface area (Å²) in [6, 6.07) is 26.6. The Labute approximate surface area is 189 Å². The second-order valence-electron chi connectivity index (χ2n) is 8.36. The van der Waals surface area contributed by atoms with E-state index in [-0.39, 0.29) is 18.0 Å². The van der Waals surface area contributed by atoms with Crippen molar-refractivity contribution in [1.82, 2.24) is 4.31 Å². The summed E-state index contributed by atoms with van der Waals surface area (Å²) in [6.45, 7) is 3.66. The molecule has 0 aromatic heterocycles. The number of carbonyl (C=O) groups excluding carboxylic acids is 1. The molecule has 0 unspecified atom stereocenters. The van der Waals surface area contributed by atoms with Crippen molar-refractivity contribution in [2.45, 2.75) is 36.7 Å². The Hall–Kier alpha value is -2.96. The number of aryl methyl sites for hydroxylation is 1. The molecule has 0 amide bonds. The number of sulfonamides is 1. The van der Waals surface area contributed by atoms with E-state index in [1.165, 1.54) is 11.2 Å². The van der Waals surface area contributed by atoms with Crippen molar-refractivity contribution < 1.29 is 17.9 Å². The molecule has 6 heteroatoms. The highest BCUT2D eigenvalue weighted by Crippen LogP contribution is 2.42. The highest BCUT2D eigenvalue weighted by molar-refractivity contribution is 7.89. The zero-order valence-corrected chi connectivity index (χ0v) is 19.1. The molecule has 32 heavy (non-hydrogen) atoms. The second kappa shape index (κ2) is 8.88. The van der Waals surface area contributed by atoms with E-state index in [0.29, 0.717) is 6.42 Å². The number of carbonyl (C=O) groups is 1. The molecule has 1 aliphatic rings. The molecular weight excluding hydrogens is 422 g/mol. The van der Waals surface area contributed by atoms with Gasteiger partial charge < -0.3 is 4.74 Å². The van der Waals surface area contributed by atoms with E-state index in [9.17, 15) is 13.2 Å². The number of ether oxygens (including phenoxy) is 1. The van der Waals surface area contributed by atoms with Crippen molar-refractivity contribution >= 4 is 16.0 Å². The smallest absolute Gasteiger partial charge is 0.302 e. The van der Waals surface area contributed by atoms with Crippen LogP contribution in [-0.4, -0.2) is 37.9 Å². The van der Waals surface area contributed by atoms with Crippen LogP contribution in [0.1, 0.15) is 30.0 Å². The lowest BCUT2D eigenvalue weighted by Crippen LogP contribution is -2.55. The van der Waals surface area contributed by atoms with Crippen molar-refractivity contribution in [2.75, 3.05) is 13.1 Å². The average Bonchev–Trinajstić information content (AvgIpc) is 2.80. The first-order chi connectivity index (χ1) is 15.3. The highest BCUT2D eigenvalue weighted by atomic mass is 32.2. The first-order valence-electron chi connectivity index (χ1n) is 10.7. The Bertz CT molecular complexity index is 1140. The SMILES string of the molecule is CC(=O)O[C@H]1CN(S(=O)(=O)c2ccc(C)cc2)CC(c2ccccc2)(c2ccccc2)C1. The van der Waals surface area contributed by atoms with Gasteiger partial charge in [-0.25, -0.2) is 8.42 Å². The molecule has 0 saturated carbocycles. The maximum absolute atomic E-state index is 13.7.